The third-order valence-corrected chi connectivity index (χ3v) is 3.48. The fourth-order valence-electron chi connectivity index (χ4n) is 1.11. The summed E-state index contributed by atoms with van der Waals surface area (Å²) in [6, 6.07) is 8.08. The molecular formula is C9H6INS. The Labute approximate surface area is 89.7 Å². The van der Waals surface area contributed by atoms with Gasteiger partial charge in [0.2, 0.25) is 0 Å². The summed E-state index contributed by atoms with van der Waals surface area (Å²) in [7, 11) is 0. The highest BCUT2D eigenvalue weighted by Gasteiger charge is 2.01. The number of rotatable bonds is 0. The lowest BCUT2D eigenvalue weighted by Crippen LogP contribution is -1.82. The van der Waals surface area contributed by atoms with Crippen LogP contribution in [0.4, 0.5) is 0 Å². The maximum absolute atomic E-state index is 4.39. The van der Waals surface area contributed by atoms with Crippen LogP contribution in [0.15, 0.2) is 35.4 Å². The van der Waals surface area contributed by atoms with Crippen molar-refractivity contribution in [3.8, 4) is 0 Å². The van der Waals surface area contributed by atoms with E-state index in [1.165, 1.54) is 0 Å². The molecule has 0 aliphatic carbocycles. The highest BCUT2D eigenvalue weighted by molar-refractivity contribution is 14.1. The fourth-order valence-corrected chi connectivity index (χ4v) is 1.80. The molecule has 0 N–H and O–H groups in total. The molecule has 12 heavy (non-hydrogen) atoms. The second-order valence-corrected chi connectivity index (χ2v) is 4.08. The lowest BCUT2D eigenvalue weighted by atomic mass is 10.2. The van der Waals surface area contributed by atoms with Crippen molar-refractivity contribution in [2.75, 3.05) is 0 Å². The molecule has 0 atom stereocenters. The Morgan fingerprint density at radius 1 is 1.25 bits per heavy atom. The van der Waals surface area contributed by atoms with Gasteiger partial charge in [-0.3, -0.25) is 4.98 Å². The minimum absolute atomic E-state index is 0.966. The van der Waals surface area contributed by atoms with Gasteiger partial charge >= 0.3 is 0 Å². The van der Waals surface area contributed by atoms with Gasteiger partial charge in [0.15, 0.2) is 0 Å². The van der Waals surface area contributed by atoms with Crippen LogP contribution in [0.5, 0.6) is 0 Å². The monoisotopic (exact) mass is 287 g/mol. The lowest BCUT2D eigenvalue weighted by molar-refractivity contribution is 1.34. The molecule has 2 aromatic rings. The van der Waals surface area contributed by atoms with Gasteiger partial charge < -0.3 is 0 Å². The zero-order valence-electron chi connectivity index (χ0n) is 6.16. The molecule has 0 saturated carbocycles. The lowest BCUT2D eigenvalue weighted by Gasteiger charge is -2.00. The van der Waals surface area contributed by atoms with Crippen LogP contribution in [-0.4, -0.2) is 4.98 Å². The summed E-state index contributed by atoms with van der Waals surface area (Å²) in [5.74, 6) is 0. The van der Waals surface area contributed by atoms with Crippen LogP contribution >= 0.6 is 35.2 Å². The van der Waals surface area contributed by atoms with Crippen molar-refractivity contribution in [2.24, 2.45) is 0 Å². The predicted octanol–water partition coefficient (Wildman–Crippen LogP) is 3.13. The summed E-state index contributed by atoms with van der Waals surface area (Å²) in [4.78, 5) is 5.23. The molecule has 0 fully saturated rings. The highest BCUT2D eigenvalue weighted by atomic mass is 127. The first-order chi connectivity index (χ1) is 5.79. The number of pyridine rings is 1. The maximum Gasteiger partial charge on any atom is 0.0845 e. The molecule has 0 radical (unpaired) electrons. The molecule has 0 spiro atoms. The second-order valence-electron chi connectivity index (χ2n) is 2.47. The number of aromatic nitrogens is 1. The van der Waals surface area contributed by atoms with E-state index in [0.717, 1.165) is 19.4 Å². The third-order valence-electron chi connectivity index (χ3n) is 1.70. The van der Waals surface area contributed by atoms with Crippen LogP contribution in [0.3, 0.4) is 0 Å². The fraction of sp³-hybridized carbons (Fsp3) is 0. The van der Waals surface area contributed by atoms with Gasteiger partial charge in [0.05, 0.1) is 5.52 Å². The van der Waals surface area contributed by atoms with E-state index < -0.39 is 0 Å². The van der Waals surface area contributed by atoms with Gasteiger partial charge in [-0.15, -0.1) is 12.6 Å². The number of fused-ring (bicyclic) bond motifs is 1. The first-order valence-corrected chi connectivity index (χ1v) is 5.04. The molecule has 0 aliphatic rings. The van der Waals surface area contributed by atoms with E-state index in [4.69, 9.17) is 0 Å². The van der Waals surface area contributed by atoms with E-state index in [-0.39, 0.29) is 0 Å². The first kappa shape index (κ1) is 8.31. The predicted molar refractivity (Wildman–Crippen MR) is 61.7 cm³/mol. The van der Waals surface area contributed by atoms with Crippen LogP contribution in [-0.2, 0) is 0 Å². The van der Waals surface area contributed by atoms with Gasteiger partial charge in [0.1, 0.15) is 0 Å². The number of thiol groups is 1. The molecule has 0 saturated heterocycles. The summed E-state index contributed by atoms with van der Waals surface area (Å²) in [5.41, 5.74) is 0.979. The first-order valence-electron chi connectivity index (χ1n) is 3.51. The van der Waals surface area contributed by atoms with Crippen molar-refractivity contribution in [1.29, 1.82) is 0 Å². The summed E-state index contributed by atoms with van der Waals surface area (Å²) >= 11 is 6.65. The zero-order valence-corrected chi connectivity index (χ0v) is 9.21. The Balaban J connectivity index is 2.91. The smallest absolute Gasteiger partial charge is 0.0845 e. The Bertz CT molecular complexity index is 428. The van der Waals surface area contributed by atoms with Crippen molar-refractivity contribution >= 4 is 46.1 Å². The Morgan fingerprint density at radius 2 is 2.08 bits per heavy atom. The number of benzene rings is 1. The van der Waals surface area contributed by atoms with Crippen molar-refractivity contribution in [3.63, 3.8) is 0 Å². The van der Waals surface area contributed by atoms with Crippen LogP contribution in [0, 0.1) is 3.57 Å². The van der Waals surface area contributed by atoms with Crippen molar-refractivity contribution < 1.29 is 0 Å². The molecule has 2 rings (SSSR count). The molecule has 3 heteroatoms. The summed E-state index contributed by atoms with van der Waals surface area (Å²) < 4.78 is 1.14. The van der Waals surface area contributed by atoms with Crippen molar-refractivity contribution in [3.05, 3.63) is 34.0 Å². The van der Waals surface area contributed by atoms with Gasteiger partial charge in [-0.05, 0) is 34.7 Å². The van der Waals surface area contributed by atoms with Crippen LogP contribution in [0.2, 0.25) is 0 Å². The van der Waals surface area contributed by atoms with E-state index in [1.807, 2.05) is 18.2 Å². The normalized spacial score (nSPS) is 10.5. The van der Waals surface area contributed by atoms with Crippen LogP contribution in [0.25, 0.3) is 10.9 Å². The standard InChI is InChI=1S/C9H6INS/c10-7-4-3-6-2-1-5-11-8(6)9(7)12/h1-5,12H. The van der Waals surface area contributed by atoms with E-state index >= 15 is 0 Å². The van der Waals surface area contributed by atoms with E-state index in [0.29, 0.717) is 0 Å². The topological polar surface area (TPSA) is 12.9 Å². The van der Waals surface area contributed by atoms with Gasteiger partial charge in [-0.2, -0.15) is 0 Å². The number of nitrogens with zero attached hydrogens (tertiary/aromatic N) is 1. The minimum atomic E-state index is 0.966. The third kappa shape index (κ3) is 1.31. The SMILES string of the molecule is Sc1c(I)ccc2cccnc12. The maximum atomic E-state index is 4.39. The summed E-state index contributed by atoms with van der Waals surface area (Å²) in [6.45, 7) is 0. The summed E-state index contributed by atoms with van der Waals surface area (Å²) in [6.07, 6.45) is 1.79. The summed E-state index contributed by atoms with van der Waals surface area (Å²) in [5, 5.41) is 1.14. The molecule has 0 aliphatic heterocycles. The molecular weight excluding hydrogens is 281 g/mol. The number of hydrogen-bond acceptors (Lipinski definition) is 2. The van der Waals surface area contributed by atoms with Crippen LogP contribution in [0.1, 0.15) is 0 Å². The average molecular weight is 287 g/mol. The Morgan fingerprint density at radius 3 is 2.92 bits per heavy atom. The number of hydrogen-bond donors (Lipinski definition) is 1. The molecule has 1 aromatic carbocycles. The van der Waals surface area contributed by atoms with Gasteiger partial charge in [0, 0.05) is 20.0 Å². The quantitative estimate of drug-likeness (QED) is 0.580. The average Bonchev–Trinajstić information content (AvgIpc) is 2.12. The molecule has 60 valence electrons. The van der Waals surface area contributed by atoms with Gasteiger partial charge in [-0.1, -0.05) is 12.1 Å². The van der Waals surface area contributed by atoms with Gasteiger partial charge in [-0.25, -0.2) is 0 Å². The molecule has 0 bridgehead atoms. The van der Waals surface area contributed by atoms with Crippen molar-refractivity contribution in [1.82, 2.24) is 4.98 Å². The van der Waals surface area contributed by atoms with Crippen LogP contribution < -0.4 is 0 Å². The highest BCUT2D eigenvalue weighted by Crippen LogP contribution is 2.24. The van der Waals surface area contributed by atoms with Crippen molar-refractivity contribution in [2.45, 2.75) is 4.90 Å². The number of halogens is 1. The Hall–Kier alpha value is -0.290. The Kier molecular flexibility index (Phi) is 2.23. The van der Waals surface area contributed by atoms with E-state index in [1.54, 1.807) is 6.20 Å². The van der Waals surface area contributed by atoms with Gasteiger partial charge in [0.25, 0.3) is 0 Å². The molecule has 1 heterocycles. The zero-order chi connectivity index (χ0) is 8.55. The second kappa shape index (κ2) is 3.22. The minimum Gasteiger partial charge on any atom is -0.255 e. The molecule has 1 aromatic heterocycles. The largest absolute Gasteiger partial charge is 0.255 e. The van der Waals surface area contributed by atoms with E-state index in [9.17, 15) is 0 Å². The molecule has 1 nitrogen and oxygen atoms in total. The molecule has 0 amide bonds. The van der Waals surface area contributed by atoms with E-state index in [2.05, 4.69) is 46.3 Å². The molecule has 0 unspecified atom stereocenters.